The highest BCUT2D eigenvalue weighted by Crippen LogP contribution is 2.36. The molecule has 0 saturated carbocycles. The molecular formula is C52H37F9O2. The smallest absolute Gasteiger partial charge is 0.435 e. The van der Waals surface area contributed by atoms with E-state index in [4.69, 9.17) is 0 Å². The van der Waals surface area contributed by atoms with E-state index in [2.05, 4.69) is 59.4 Å². The number of benzene rings is 8. The van der Waals surface area contributed by atoms with Gasteiger partial charge < -0.3 is 9.47 Å². The second-order valence-electron chi connectivity index (χ2n) is 14.6. The molecular weight excluding hydrogens is 828 g/mol. The largest absolute Gasteiger partial charge is 0.573 e. The molecule has 63 heavy (non-hydrogen) atoms. The van der Waals surface area contributed by atoms with Crippen LogP contribution in [-0.4, -0.2) is 13.0 Å². The summed E-state index contributed by atoms with van der Waals surface area (Å²) >= 11 is 0. The predicted octanol–water partition coefficient (Wildman–Crippen LogP) is 16.1. The third-order valence-electron chi connectivity index (χ3n) is 10.4. The van der Waals surface area contributed by atoms with Crippen molar-refractivity contribution in [1.82, 2.24) is 0 Å². The number of allylic oxidation sites excluding steroid dienone is 1. The minimum absolute atomic E-state index is 0.0446. The van der Waals surface area contributed by atoms with Crippen LogP contribution in [0.5, 0.6) is 11.5 Å². The van der Waals surface area contributed by atoms with Crippen LogP contribution in [0.3, 0.4) is 0 Å². The maximum atomic E-state index is 14.9. The van der Waals surface area contributed by atoms with E-state index in [-0.39, 0.29) is 22.7 Å². The molecule has 0 N–H and O–H groups in total. The van der Waals surface area contributed by atoms with E-state index < -0.39 is 36.2 Å². The highest BCUT2D eigenvalue weighted by molar-refractivity contribution is 5.89. The number of halogens is 9. The van der Waals surface area contributed by atoms with Crippen molar-refractivity contribution in [2.45, 2.75) is 39.2 Å². The number of aryl methyl sites for hydroxylation is 2. The van der Waals surface area contributed by atoms with Gasteiger partial charge in [-0.05, 0) is 134 Å². The topological polar surface area (TPSA) is 18.5 Å². The van der Waals surface area contributed by atoms with Gasteiger partial charge in [0.15, 0.2) is 11.6 Å². The molecule has 0 amide bonds. The first-order valence-corrected chi connectivity index (χ1v) is 19.7. The van der Waals surface area contributed by atoms with Gasteiger partial charge in [0, 0.05) is 11.1 Å². The number of ether oxygens (including phenoxy) is 2. The van der Waals surface area contributed by atoms with Crippen LogP contribution >= 0.6 is 0 Å². The van der Waals surface area contributed by atoms with Gasteiger partial charge in [0.2, 0.25) is 5.75 Å². The molecule has 0 saturated heterocycles. The standard InChI is InChI=1S/C27H18F6O.C25H19F3O/c1-2-3-4-16-5-6-18-12-19(8-7-17(18)11-16)20-9-10-22(23(28)13-20)21-14-24(29)26(25(30)15-21)34-27(31,32)33;1-2-16-3-4-19-14-20(6-5-18(19)13-16)21-9-12-23(24(26)15-21)17-7-10-22(11-8-17)29-25(27)28/h2,5-15H,1,3-4H2;3-15,25H,2H2,1H3. The summed E-state index contributed by atoms with van der Waals surface area (Å²) in [6, 6.07) is 40.6. The van der Waals surface area contributed by atoms with Crippen LogP contribution < -0.4 is 9.47 Å². The first-order chi connectivity index (χ1) is 30.2. The Hall–Kier alpha value is -7.01. The molecule has 0 spiro atoms. The number of rotatable bonds is 11. The van der Waals surface area contributed by atoms with Crippen molar-refractivity contribution in [3.63, 3.8) is 0 Å². The lowest BCUT2D eigenvalue weighted by Gasteiger charge is -2.13. The summed E-state index contributed by atoms with van der Waals surface area (Å²) in [6.45, 7) is 2.97. The van der Waals surface area contributed by atoms with Crippen molar-refractivity contribution in [2.75, 3.05) is 0 Å². The molecule has 0 radical (unpaired) electrons. The van der Waals surface area contributed by atoms with Gasteiger partial charge in [0.1, 0.15) is 17.4 Å². The number of alkyl halides is 5. The maximum Gasteiger partial charge on any atom is 0.573 e. The van der Waals surface area contributed by atoms with Crippen LogP contribution in [0.25, 0.3) is 66.1 Å². The zero-order valence-corrected chi connectivity index (χ0v) is 33.6. The Balaban J connectivity index is 0.000000191. The third-order valence-corrected chi connectivity index (χ3v) is 10.4. The molecule has 8 aromatic carbocycles. The Morgan fingerprint density at radius 3 is 1.43 bits per heavy atom. The zero-order chi connectivity index (χ0) is 44.8. The average Bonchev–Trinajstić information content (AvgIpc) is 3.26. The first kappa shape index (κ1) is 44.1. The van der Waals surface area contributed by atoms with Crippen molar-refractivity contribution in [1.29, 1.82) is 0 Å². The monoisotopic (exact) mass is 864 g/mol. The Bertz CT molecular complexity index is 2900. The van der Waals surface area contributed by atoms with Gasteiger partial charge in [0.05, 0.1) is 0 Å². The van der Waals surface area contributed by atoms with Gasteiger partial charge in [-0.1, -0.05) is 110 Å². The molecule has 2 nitrogen and oxygen atoms in total. The average molecular weight is 865 g/mol. The highest BCUT2D eigenvalue weighted by Gasteiger charge is 2.34. The van der Waals surface area contributed by atoms with E-state index in [1.54, 1.807) is 24.3 Å². The Labute approximate surface area is 357 Å². The van der Waals surface area contributed by atoms with Crippen molar-refractivity contribution in [3.05, 3.63) is 193 Å². The van der Waals surface area contributed by atoms with E-state index in [0.29, 0.717) is 28.8 Å². The third kappa shape index (κ3) is 10.7. The van der Waals surface area contributed by atoms with E-state index in [1.807, 2.05) is 48.5 Å². The SMILES string of the molecule is C=CCCc1ccc2cc(-c3ccc(-c4cc(F)c(OC(F)(F)F)c(F)c4)c(F)c3)ccc2c1.CCc1ccc2cc(-c3ccc(-c4ccc(OC(F)F)cc4)c(F)c3)ccc2c1. The van der Waals surface area contributed by atoms with Crippen LogP contribution in [0, 0.1) is 23.3 Å². The molecule has 8 rings (SSSR count). The minimum atomic E-state index is -5.26. The van der Waals surface area contributed by atoms with Gasteiger partial charge in [0.25, 0.3) is 0 Å². The van der Waals surface area contributed by atoms with Crippen LogP contribution in [0.1, 0.15) is 24.5 Å². The molecule has 0 heterocycles. The van der Waals surface area contributed by atoms with Crippen molar-refractivity contribution in [3.8, 4) is 56.0 Å². The summed E-state index contributed by atoms with van der Waals surface area (Å²) in [5.74, 6) is -5.86. The van der Waals surface area contributed by atoms with Gasteiger partial charge in [-0.25, -0.2) is 17.6 Å². The zero-order valence-electron chi connectivity index (χ0n) is 33.6. The summed E-state index contributed by atoms with van der Waals surface area (Å²) in [6.07, 6.45) is -0.652. The molecule has 0 aliphatic heterocycles. The lowest BCUT2D eigenvalue weighted by molar-refractivity contribution is -0.276. The van der Waals surface area contributed by atoms with E-state index >= 15 is 0 Å². The molecule has 0 fully saturated rings. The fourth-order valence-corrected chi connectivity index (χ4v) is 7.20. The highest BCUT2D eigenvalue weighted by atomic mass is 19.4. The second kappa shape index (κ2) is 18.9. The minimum Gasteiger partial charge on any atom is -0.435 e. The molecule has 0 aliphatic carbocycles. The van der Waals surface area contributed by atoms with Gasteiger partial charge in [-0.15, -0.1) is 19.8 Å². The molecule has 0 unspecified atom stereocenters. The summed E-state index contributed by atoms with van der Waals surface area (Å²) in [5.41, 5.74) is 6.06. The van der Waals surface area contributed by atoms with Gasteiger partial charge >= 0.3 is 13.0 Å². The van der Waals surface area contributed by atoms with Crippen molar-refractivity contribution in [2.24, 2.45) is 0 Å². The van der Waals surface area contributed by atoms with Gasteiger partial charge in [-0.3, -0.25) is 0 Å². The summed E-state index contributed by atoms with van der Waals surface area (Å²) in [4.78, 5) is 0. The molecule has 0 aliphatic rings. The second-order valence-corrected chi connectivity index (χ2v) is 14.6. The van der Waals surface area contributed by atoms with E-state index in [0.717, 1.165) is 57.5 Å². The summed E-state index contributed by atoms with van der Waals surface area (Å²) in [5, 5.41) is 4.28. The number of fused-ring (bicyclic) bond motifs is 2. The molecule has 8 aromatic rings. The quantitative estimate of drug-likeness (QED) is 0.0953. The van der Waals surface area contributed by atoms with Crippen molar-refractivity contribution >= 4 is 21.5 Å². The molecule has 0 bridgehead atoms. The van der Waals surface area contributed by atoms with Crippen molar-refractivity contribution < 1.29 is 49.0 Å². The summed E-state index contributed by atoms with van der Waals surface area (Å²) in [7, 11) is 0. The van der Waals surface area contributed by atoms with Crippen LogP contribution in [0.2, 0.25) is 0 Å². The predicted molar refractivity (Wildman–Crippen MR) is 231 cm³/mol. The van der Waals surface area contributed by atoms with E-state index in [9.17, 15) is 39.5 Å². The Morgan fingerprint density at radius 2 is 0.937 bits per heavy atom. The number of hydrogen-bond donors (Lipinski definition) is 0. The molecule has 11 heteroatoms. The normalized spacial score (nSPS) is 11.4. The summed E-state index contributed by atoms with van der Waals surface area (Å²) < 4.78 is 127. The van der Waals surface area contributed by atoms with E-state index in [1.165, 1.54) is 41.5 Å². The first-order valence-electron chi connectivity index (χ1n) is 19.7. The molecule has 0 aromatic heterocycles. The molecule has 0 atom stereocenters. The van der Waals surface area contributed by atoms with Crippen LogP contribution in [-0.2, 0) is 12.8 Å². The van der Waals surface area contributed by atoms with Gasteiger partial charge in [-0.2, -0.15) is 8.78 Å². The Morgan fingerprint density at radius 1 is 0.508 bits per heavy atom. The lowest BCUT2D eigenvalue weighted by Crippen LogP contribution is -2.19. The van der Waals surface area contributed by atoms with Crippen LogP contribution in [0.15, 0.2) is 158 Å². The van der Waals surface area contributed by atoms with Crippen LogP contribution in [0.4, 0.5) is 39.5 Å². The fourth-order valence-electron chi connectivity index (χ4n) is 7.20. The fraction of sp³-hybridized carbons (Fsp3) is 0.115. The maximum absolute atomic E-state index is 14.9. The lowest BCUT2D eigenvalue weighted by atomic mass is 9.96. The molecule has 320 valence electrons. The Kier molecular flexibility index (Phi) is 13.2. The number of hydrogen-bond acceptors (Lipinski definition) is 2.